The third kappa shape index (κ3) is 4.43. The lowest BCUT2D eigenvalue weighted by atomic mass is 10.0. The Morgan fingerprint density at radius 3 is 2.69 bits per heavy atom. The summed E-state index contributed by atoms with van der Waals surface area (Å²) >= 11 is 0. The van der Waals surface area contributed by atoms with Crippen LogP contribution in [0.4, 0.5) is 0 Å². The number of amides is 1. The van der Waals surface area contributed by atoms with Crippen molar-refractivity contribution in [3.8, 4) is 11.8 Å². The molecule has 5 aromatic rings. The summed E-state index contributed by atoms with van der Waals surface area (Å²) in [5.74, 6) is -0.707. The maximum absolute atomic E-state index is 13.0. The van der Waals surface area contributed by atoms with E-state index in [1.807, 2.05) is 30.3 Å². The number of carbonyl (C=O) groups is 2. The van der Waals surface area contributed by atoms with Crippen LogP contribution in [0.15, 0.2) is 73.1 Å². The van der Waals surface area contributed by atoms with Crippen LogP contribution in [0.2, 0.25) is 0 Å². The van der Waals surface area contributed by atoms with Gasteiger partial charge < -0.3 is 15.5 Å². The van der Waals surface area contributed by atoms with Crippen LogP contribution >= 0.6 is 0 Å². The van der Waals surface area contributed by atoms with Gasteiger partial charge >= 0.3 is 0 Å². The molecule has 0 unspecified atom stereocenters. The van der Waals surface area contributed by atoms with Crippen molar-refractivity contribution < 1.29 is 14.3 Å². The zero-order valence-electron chi connectivity index (χ0n) is 18.5. The number of H-pyrrole nitrogens is 1. The molecule has 3 N–H and O–H groups in total. The number of aromatic amines is 1. The zero-order chi connectivity index (χ0) is 24.4. The monoisotopic (exact) mass is 461 g/mol. The van der Waals surface area contributed by atoms with Crippen LogP contribution in [-0.2, 0) is 6.42 Å². The summed E-state index contributed by atoms with van der Waals surface area (Å²) in [7, 11) is 0. The molecular weight excluding hydrogens is 442 g/mol. The maximum Gasteiger partial charge on any atom is 0.252 e. The summed E-state index contributed by atoms with van der Waals surface area (Å²) in [5.41, 5.74) is 9.36. The van der Waals surface area contributed by atoms with Crippen molar-refractivity contribution in [1.29, 1.82) is 5.26 Å². The number of nitrogens with zero attached hydrogens (tertiary/aromatic N) is 3. The molecule has 3 aromatic carbocycles. The van der Waals surface area contributed by atoms with Crippen LogP contribution in [0.1, 0.15) is 37.5 Å². The Kier molecular flexibility index (Phi) is 5.65. The molecule has 0 atom stereocenters. The van der Waals surface area contributed by atoms with Gasteiger partial charge in [-0.3, -0.25) is 9.59 Å². The molecule has 0 saturated heterocycles. The molecule has 5 rings (SSSR count). The summed E-state index contributed by atoms with van der Waals surface area (Å²) in [6.45, 7) is -0.267. The van der Waals surface area contributed by atoms with E-state index in [4.69, 9.17) is 15.7 Å². The lowest BCUT2D eigenvalue weighted by Crippen LogP contribution is -2.16. The van der Waals surface area contributed by atoms with Crippen molar-refractivity contribution in [1.82, 2.24) is 15.2 Å². The number of nitrogens with two attached hydrogens (primary N) is 1. The standard InChI is InChI=1S/C27H19N5O3/c28-13-17-3-5-18-12-26(22(27(29)34)11-19(18)8-17)35-15-25(33)23-14-30-24-10-16(4-6-21(23)24)9-20-2-1-7-31-32-20/h1-8,10-12,14,30H,9,15H2,(H2,29,34). The first-order valence-corrected chi connectivity index (χ1v) is 10.8. The van der Waals surface area contributed by atoms with E-state index in [9.17, 15) is 9.59 Å². The van der Waals surface area contributed by atoms with E-state index in [1.165, 1.54) is 0 Å². The summed E-state index contributed by atoms with van der Waals surface area (Å²) in [6.07, 6.45) is 3.91. The van der Waals surface area contributed by atoms with Gasteiger partial charge in [0.2, 0.25) is 5.78 Å². The van der Waals surface area contributed by atoms with Crippen LogP contribution in [0.25, 0.3) is 21.7 Å². The van der Waals surface area contributed by atoms with Gasteiger partial charge in [-0.05, 0) is 58.8 Å². The highest BCUT2D eigenvalue weighted by atomic mass is 16.5. The quantitative estimate of drug-likeness (QED) is 0.353. The number of fused-ring (bicyclic) bond motifs is 2. The van der Waals surface area contributed by atoms with Gasteiger partial charge in [0.15, 0.2) is 6.61 Å². The average Bonchev–Trinajstić information content (AvgIpc) is 3.30. The maximum atomic E-state index is 13.0. The molecule has 0 bridgehead atoms. The predicted octanol–water partition coefficient (Wildman–Crippen LogP) is 3.93. The van der Waals surface area contributed by atoms with Gasteiger partial charge in [-0.2, -0.15) is 15.5 Å². The molecule has 2 heterocycles. The van der Waals surface area contributed by atoms with Crippen molar-refractivity contribution in [2.75, 3.05) is 6.61 Å². The molecule has 35 heavy (non-hydrogen) atoms. The zero-order valence-corrected chi connectivity index (χ0v) is 18.5. The van der Waals surface area contributed by atoms with E-state index >= 15 is 0 Å². The summed E-state index contributed by atoms with van der Waals surface area (Å²) < 4.78 is 5.76. The molecule has 1 amide bonds. The molecule has 170 valence electrons. The van der Waals surface area contributed by atoms with E-state index in [0.717, 1.165) is 27.5 Å². The Hall–Kier alpha value is -5.03. The number of hydrogen-bond acceptors (Lipinski definition) is 6. The third-order valence-corrected chi connectivity index (χ3v) is 5.75. The highest BCUT2D eigenvalue weighted by molar-refractivity contribution is 6.09. The Morgan fingerprint density at radius 2 is 1.91 bits per heavy atom. The van der Waals surface area contributed by atoms with Crippen LogP contribution in [0.3, 0.4) is 0 Å². The lowest BCUT2D eigenvalue weighted by molar-refractivity contribution is 0.0914. The second-order valence-electron chi connectivity index (χ2n) is 8.07. The number of primary amides is 1. The molecule has 8 nitrogen and oxygen atoms in total. The molecular formula is C27H19N5O3. The Morgan fingerprint density at radius 1 is 1.03 bits per heavy atom. The van der Waals surface area contributed by atoms with Crippen molar-refractivity contribution in [3.05, 3.63) is 101 Å². The van der Waals surface area contributed by atoms with Gasteiger partial charge in [-0.1, -0.05) is 18.2 Å². The van der Waals surface area contributed by atoms with Crippen molar-refractivity contribution in [3.63, 3.8) is 0 Å². The first-order chi connectivity index (χ1) is 17.0. The number of ether oxygens (including phenoxy) is 1. The van der Waals surface area contributed by atoms with Gasteiger partial charge in [-0.15, -0.1) is 0 Å². The second-order valence-corrected chi connectivity index (χ2v) is 8.07. The summed E-state index contributed by atoms with van der Waals surface area (Å²) in [4.78, 5) is 28.1. The van der Waals surface area contributed by atoms with Crippen molar-refractivity contribution in [2.45, 2.75) is 6.42 Å². The normalized spacial score (nSPS) is 10.8. The first kappa shape index (κ1) is 21.8. The highest BCUT2D eigenvalue weighted by Crippen LogP contribution is 2.28. The minimum absolute atomic E-state index is 0.146. The minimum Gasteiger partial charge on any atom is -0.485 e. The smallest absolute Gasteiger partial charge is 0.252 e. The predicted molar refractivity (Wildman–Crippen MR) is 130 cm³/mol. The van der Waals surface area contributed by atoms with Gasteiger partial charge in [0.05, 0.1) is 22.9 Å². The fraction of sp³-hybridized carbons (Fsp3) is 0.0741. The van der Waals surface area contributed by atoms with E-state index in [0.29, 0.717) is 22.9 Å². The Balaban J connectivity index is 1.37. The number of rotatable bonds is 7. The number of nitriles is 1. The molecule has 0 aliphatic heterocycles. The van der Waals surface area contributed by atoms with Crippen LogP contribution in [0.5, 0.6) is 5.75 Å². The van der Waals surface area contributed by atoms with Gasteiger partial charge in [0.1, 0.15) is 5.75 Å². The molecule has 0 spiro atoms. The molecule has 2 aromatic heterocycles. The number of carbonyl (C=O) groups excluding carboxylic acids is 2. The Labute approximate surface area is 200 Å². The molecule has 0 saturated carbocycles. The minimum atomic E-state index is -0.681. The highest BCUT2D eigenvalue weighted by Gasteiger charge is 2.17. The third-order valence-electron chi connectivity index (χ3n) is 5.75. The molecule has 0 fully saturated rings. The fourth-order valence-electron chi connectivity index (χ4n) is 4.03. The largest absolute Gasteiger partial charge is 0.485 e. The van der Waals surface area contributed by atoms with Crippen LogP contribution < -0.4 is 10.5 Å². The second kappa shape index (κ2) is 9.08. The summed E-state index contributed by atoms with van der Waals surface area (Å²) in [6, 6.07) is 20.0. The average molecular weight is 461 g/mol. The number of aromatic nitrogens is 3. The SMILES string of the molecule is N#Cc1ccc2cc(OCC(=O)c3c[nH]c4cc(Cc5cccnn5)ccc34)c(C(N)=O)cc2c1. The topological polar surface area (TPSA) is 135 Å². The van der Waals surface area contributed by atoms with Gasteiger partial charge in [-0.25, -0.2) is 0 Å². The lowest BCUT2D eigenvalue weighted by Gasteiger charge is -2.11. The fourth-order valence-corrected chi connectivity index (χ4v) is 4.03. The molecule has 0 aliphatic rings. The number of hydrogen-bond donors (Lipinski definition) is 2. The number of nitrogens with one attached hydrogen (secondary N) is 1. The van der Waals surface area contributed by atoms with E-state index in [1.54, 1.807) is 42.7 Å². The Bertz CT molecular complexity index is 1630. The molecule has 8 heteroatoms. The van der Waals surface area contributed by atoms with Gasteiger partial charge in [0.25, 0.3) is 5.91 Å². The van der Waals surface area contributed by atoms with E-state index in [-0.39, 0.29) is 23.7 Å². The van der Waals surface area contributed by atoms with Crippen LogP contribution in [0, 0.1) is 11.3 Å². The number of benzene rings is 3. The van der Waals surface area contributed by atoms with E-state index in [2.05, 4.69) is 21.3 Å². The number of Topliss-reactive ketones (excluding diaryl/α,β-unsaturated/α-hetero) is 1. The molecule has 0 aliphatic carbocycles. The van der Waals surface area contributed by atoms with Crippen molar-refractivity contribution >= 4 is 33.4 Å². The van der Waals surface area contributed by atoms with Crippen LogP contribution in [-0.4, -0.2) is 33.5 Å². The van der Waals surface area contributed by atoms with Crippen molar-refractivity contribution in [2.24, 2.45) is 5.73 Å². The van der Waals surface area contributed by atoms with Gasteiger partial charge in [0, 0.05) is 35.3 Å². The molecule has 0 radical (unpaired) electrons. The first-order valence-electron chi connectivity index (χ1n) is 10.8. The number of ketones is 1. The summed E-state index contributed by atoms with van der Waals surface area (Å²) in [5, 5.41) is 19.3. The van der Waals surface area contributed by atoms with E-state index < -0.39 is 5.91 Å².